The Labute approximate surface area is 218 Å². The van der Waals surface area contributed by atoms with E-state index in [4.69, 9.17) is 23.2 Å². The summed E-state index contributed by atoms with van der Waals surface area (Å²) in [6, 6.07) is 29.6. The van der Waals surface area contributed by atoms with E-state index in [2.05, 4.69) is 100 Å². The van der Waals surface area contributed by atoms with Crippen molar-refractivity contribution in [3.8, 4) is 11.1 Å². The van der Waals surface area contributed by atoms with Gasteiger partial charge in [0.1, 0.15) is 0 Å². The van der Waals surface area contributed by atoms with E-state index in [9.17, 15) is 0 Å². The lowest BCUT2D eigenvalue weighted by Gasteiger charge is -2.02. The SMILES string of the molecule is C.C.Cc1cc(Cl)c(C)c(Cl)c1.Cc1ccc(-c2ccc(C)cc2)cc1.Cc1ccc(C)cc1. The van der Waals surface area contributed by atoms with Crippen molar-refractivity contribution in [2.45, 2.75) is 56.4 Å². The molecule has 0 radical (unpaired) electrons. The molecule has 0 N–H and O–H groups in total. The Bertz CT molecular complexity index is 1020. The van der Waals surface area contributed by atoms with E-state index in [-0.39, 0.29) is 14.9 Å². The minimum atomic E-state index is 0. The molecule has 0 nitrogen and oxygen atoms in total. The Morgan fingerprint density at radius 2 is 0.618 bits per heavy atom. The van der Waals surface area contributed by atoms with Gasteiger partial charge in [-0.1, -0.05) is 133 Å². The van der Waals surface area contributed by atoms with Crippen molar-refractivity contribution in [3.05, 3.63) is 128 Å². The van der Waals surface area contributed by atoms with Crippen LogP contribution in [0.2, 0.25) is 10.0 Å². The molecule has 0 saturated heterocycles. The predicted octanol–water partition coefficient (Wildman–Crippen LogP) is 11.2. The van der Waals surface area contributed by atoms with Crippen LogP contribution in [0.15, 0.2) is 84.9 Å². The van der Waals surface area contributed by atoms with Crippen LogP contribution in [-0.4, -0.2) is 0 Å². The van der Waals surface area contributed by atoms with Gasteiger partial charge in [-0.2, -0.15) is 0 Å². The molecular weight excluding hydrogens is 455 g/mol. The molecule has 0 fully saturated rings. The van der Waals surface area contributed by atoms with Gasteiger partial charge in [-0.3, -0.25) is 0 Å². The average Bonchev–Trinajstić information content (AvgIpc) is 2.76. The Balaban J connectivity index is 0.000000487. The first-order valence-corrected chi connectivity index (χ1v) is 11.5. The van der Waals surface area contributed by atoms with Gasteiger partial charge in [0.2, 0.25) is 0 Å². The molecule has 0 aliphatic rings. The molecule has 182 valence electrons. The second-order valence-corrected chi connectivity index (χ2v) is 9.05. The third kappa shape index (κ3) is 10.6. The van der Waals surface area contributed by atoms with Crippen molar-refractivity contribution in [1.29, 1.82) is 0 Å². The highest BCUT2D eigenvalue weighted by atomic mass is 35.5. The van der Waals surface area contributed by atoms with Gasteiger partial charge in [0.05, 0.1) is 0 Å². The summed E-state index contributed by atoms with van der Waals surface area (Å²) < 4.78 is 0. The smallest absolute Gasteiger partial charge is 0.0452 e. The number of hydrogen-bond acceptors (Lipinski definition) is 0. The monoisotopic (exact) mass is 494 g/mol. The molecule has 4 aromatic carbocycles. The number of rotatable bonds is 1. The fourth-order valence-corrected chi connectivity index (χ4v) is 3.50. The maximum atomic E-state index is 5.83. The van der Waals surface area contributed by atoms with E-state index >= 15 is 0 Å². The van der Waals surface area contributed by atoms with Crippen LogP contribution >= 0.6 is 23.2 Å². The van der Waals surface area contributed by atoms with Gasteiger partial charge >= 0.3 is 0 Å². The van der Waals surface area contributed by atoms with Crippen LogP contribution in [0.1, 0.15) is 48.2 Å². The van der Waals surface area contributed by atoms with Crippen molar-refractivity contribution in [2.75, 3.05) is 0 Å². The second-order valence-electron chi connectivity index (χ2n) is 8.24. The first-order chi connectivity index (χ1) is 15.2. The number of halogens is 2. The first kappa shape index (κ1) is 31.5. The molecule has 0 amide bonds. The highest BCUT2D eigenvalue weighted by molar-refractivity contribution is 6.36. The highest BCUT2D eigenvalue weighted by Crippen LogP contribution is 2.24. The molecule has 2 heteroatoms. The summed E-state index contributed by atoms with van der Waals surface area (Å²) in [5.74, 6) is 0. The Morgan fingerprint density at radius 1 is 0.382 bits per heavy atom. The minimum absolute atomic E-state index is 0. The van der Waals surface area contributed by atoms with Crippen LogP contribution in [-0.2, 0) is 0 Å². The maximum Gasteiger partial charge on any atom is 0.0452 e. The standard InChI is InChI=1S/C14H14.C8H8Cl2.C8H10.2CH4/c1-11-3-7-13(8-4-11)14-9-5-12(2)6-10-14;1-5-3-7(9)6(2)8(10)4-5;1-7-3-5-8(2)6-4-7;;/h3-10H,1-2H3;3-4H,1-2H3;3-6H,1-2H3;2*1H4. The van der Waals surface area contributed by atoms with Gasteiger partial charge in [0.15, 0.2) is 0 Å². The van der Waals surface area contributed by atoms with Gasteiger partial charge in [-0.25, -0.2) is 0 Å². The molecule has 34 heavy (non-hydrogen) atoms. The zero-order valence-electron chi connectivity index (χ0n) is 19.8. The zero-order chi connectivity index (χ0) is 23.7. The van der Waals surface area contributed by atoms with Crippen LogP contribution < -0.4 is 0 Å². The molecule has 4 aromatic rings. The number of aryl methyl sites for hydroxylation is 5. The molecule has 0 aromatic heterocycles. The third-order valence-corrected chi connectivity index (χ3v) is 5.87. The van der Waals surface area contributed by atoms with Gasteiger partial charge in [0, 0.05) is 10.0 Å². The molecule has 0 atom stereocenters. The van der Waals surface area contributed by atoms with Crippen molar-refractivity contribution in [1.82, 2.24) is 0 Å². The fourth-order valence-electron chi connectivity index (χ4n) is 2.90. The summed E-state index contributed by atoms with van der Waals surface area (Å²) in [4.78, 5) is 0. The van der Waals surface area contributed by atoms with E-state index in [1.54, 1.807) is 0 Å². The van der Waals surface area contributed by atoms with E-state index < -0.39 is 0 Å². The molecule has 0 aliphatic carbocycles. The highest BCUT2D eigenvalue weighted by Gasteiger charge is 2.00. The van der Waals surface area contributed by atoms with Crippen LogP contribution in [0.5, 0.6) is 0 Å². The van der Waals surface area contributed by atoms with E-state index in [1.165, 1.54) is 33.4 Å². The maximum absolute atomic E-state index is 5.83. The summed E-state index contributed by atoms with van der Waals surface area (Å²) in [5.41, 5.74) is 9.90. The lowest BCUT2D eigenvalue weighted by molar-refractivity contribution is 1.40. The van der Waals surface area contributed by atoms with Crippen molar-refractivity contribution in [3.63, 3.8) is 0 Å². The van der Waals surface area contributed by atoms with Crippen LogP contribution in [0, 0.1) is 41.5 Å². The van der Waals surface area contributed by atoms with Crippen LogP contribution in [0.3, 0.4) is 0 Å². The summed E-state index contributed by atoms with van der Waals surface area (Å²) in [7, 11) is 0. The summed E-state index contributed by atoms with van der Waals surface area (Å²) in [6.45, 7) is 12.3. The van der Waals surface area contributed by atoms with Gasteiger partial charge < -0.3 is 0 Å². The van der Waals surface area contributed by atoms with E-state index in [1.807, 2.05) is 26.0 Å². The van der Waals surface area contributed by atoms with Crippen molar-refractivity contribution < 1.29 is 0 Å². The van der Waals surface area contributed by atoms with E-state index in [0.29, 0.717) is 0 Å². The Hall–Kier alpha value is -2.54. The summed E-state index contributed by atoms with van der Waals surface area (Å²) >= 11 is 11.7. The molecule has 0 aliphatic heterocycles. The first-order valence-electron chi connectivity index (χ1n) is 10.7. The molecule has 4 rings (SSSR count). The topological polar surface area (TPSA) is 0 Å². The lowest BCUT2D eigenvalue weighted by Crippen LogP contribution is -1.79. The lowest BCUT2D eigenvalue weighted by atomic mass is 10.0. The van der Waals surface area contributed by atoms with Crippen molar-refractivity contribution >= 4 is 23.2 Å². The number of benzene rings is 4. The molecule has 0 unspecified atom stereocenters. The van der Waals surface area contributed by atoms with E-state index in [0.717, 1.165) is 21.2 Å². The minimum Gasteiger partial charge on any atom is -0.0840 e. The third-order valence-electron chi connectivity index (χ3n) is 5.08. The molecule has 0 saturated carbocycles. The van der Waals surface area contributed by atoms with Gasteiger partial charge in [-0.15, -0.1) is 0 Å². The average molecular weight is 496 g/mol. The quantitative estimate of drug-likeness (QED) is 0.246. The largest absolute Gasteiger partial charge is 0.0840 e. The molecule has 0 heterocycles. The Morgan fingerprint density at radius 3 is 0.882 bits per heavy atom. The van der Waals surface area contributed by atoms with Gasteiger partial charge in [-0.05, 0) is 75.9 Å². The van der Waals surface area contributed by atoms with Crippen LogP contribution in [0.4, 0.5) is 0 Å². The summed E-state index contributed by atoms with van der Waals surface area (Å²) in [5, 5.41) is 1.48. The number of hydrogen-bond donors (Lipinski definition) is 0. The molecular formula is C32H40Cl2. The van der Waals surface area contributed by atoms with Crippen LogP contribution in [0.25, 0.3) is 11.1 Å². The fraction of sp³-hybridized carbons (Fsp3) is 0.250. The Kier molecular flexibility index (Phi) is 14.2. The predicted molar refractivity (Wildman–Crippen MR) is 157 cm³/mol. The molecule has 0 bridgehead atoms. The van der Waals surface area contributed by atoms with Crippen molar-refractivity contribution in [2.24, 2.45) is 0 Å². The van der Waals surface area contributed by atoms with Gasteiger partial charge in [0.25, 0.3) is 0 Å². The molecule has 0 spiro atoms. The summed E-state index contributed by atoms with van der Waals surface area (Å²) in [6.07, 6.45) is 0. The normalized spacial score (nSPS) is 9.29. The second kappa shape index (κ2) is 15.4. The zero-order valence-corrected chi connectivity index (χ0v) is 21.4.